The van der Waals surface area contributed by atoms with Gasteiger partial charge in [-0.25, -0.2) is 9.69 Å². The standard InChI is InChI=1S/C16H10F6N2O2/c17-15(18,19)24(16(20,21)22)14(26)23(12-9-5-2-6-10-12)13(25)11-7-3-1-4-8-11/h1-10H. The second-order valence-corrected chi connectivity index (χ2v) is 4.90. The van der Waals surface area contributed by atoms with Crippen LogP contribution in [0, 0.1) is 0 Å². The number of hydrogen-bond donors (Lipinski definition) is 0. The molecule has 2 aromatic carbocycles. The molecule has 2 aromatic rings. The summed E-state index contributed by atoms with van der Waals surface area (Å²) in [6.45, 7) is 0. The van der Waals surface area contributed by atoms with Crippen LogP contribution in [0.5, 0.6) is 0 Å². The van der Waals surface area contributed by atoms with Gasteiger partial charge in [-0.05, 0) is 24.3 Å². The molecule has 0 unspecified atom stereocenters. The molecule has 0 N–H and O–H groups in total. The predicted molar refractivity (Wildman–Crippen MR) is 79.0 cm³/mol. The molecule has 0 aliphatic carbocycles. The van der Waals surface area contributed by atoms with Gasteiger partial charge in [0, 0.05) is 5.56 Å². The molecule has 0 aliphatic rings. The number of para-hydroxylation sites is 1. The number of alkyl halides is 6. The Labute approximate surface area is 143 Å². The number of carbonyl (C=O) groups excluding carboxylic acids is 2. The number of anilines is 1. The number of rotatable bonds is 2. The fraction of sp³-hybridized carbons (Fsp3) is 0.125. The van der Waals surface area contributed by atoms with Gasteiger partial charge in [-0.15, -0.1) is 31.2 Å². The minimum absolute atomic E-state index is 0.170. The van der Waals surface area contributed by atoms with Crippen molar-refractivity contribution in [3.8, 4) is 0 Å². The van der Waals surface area contributed by atoms with Gasteiger partial charge in [-0.3, -0.25) is 4.79 Å². The number of halogens is 6. The summed E-state index contributed by atoms with van der Waals surface area (Å²) in [6, 6.07) is 9.98. The molecular formula is C16H10F6N2O2. The third-order valence-electron chi connectivity index (χ3n) is 3.13. The molecule has 26 heavy (non-hydrogen) atoms. The zero-order valence-corrected chi connectivity index (χ0v) is 12.8. The van der Waals surface area contributed by atoms with E-state index in [0.717, 1.165) is 24.3 Å². The maximum atomic E-state index is 12.9. The van der Waals surface area contributed by atoms with Crippen LogP contribution in [-0.2, 0) is 0 Å². The molecule has 0 fully saturated rings. The predicted octanol–water partition coefficient (Wildman–Crippen LogP) is 4.80. The van der Waals surface area contributed by atoms with Gasteiger partial charge in [0.25, 0.3) is 5.91 Å². The number of imide groups is 1. The normalized spacial score (nSPS) is 11.8. The summed E-state index contributed by atoms with van der Waals surface area (Å²) < 4.78 is 77.1. The van der Waals surface area contributed by atoms with Crippen LogP contribution in [0.2, 0.25) is 0 Å². The van der Waals surface area contributed by atoms with Crippen molar-refractivity contribution in [2.75, 3.05) is 4.90 Å². The minimum atomic E-state index is -6.07. The average Bonchev–Trinajstić information content (AvgIpc) is 2.54. The molecule has 2 rings (SSSR count). The van der Waals surface area contributed by atoms with E-state index in [-0.39, 0.29) is 10.5 Å². The van der Waals surface area contributed by atoms with Crippen molar-refractivity contribution in [1.29, 1.82) is 0 Å². The third-order valence-corrected chi connectivity index (χ3v) is 3.13. The van der Waals surface area contributed by atoms with E-state index in [1.54, 1.807) is 0 Å². The SMILES string of the molecule is O=C(c1ccccc1)N(C(=O)N(C(F)(F)F)C(F)(F)F)c1ccccc1. The Hall–Kier alpha value is -3.04. The molecule has 4 nitrogen and oxygen atoms in total. The first-order chi connectivity index (χ1) is 12.0. The zero-order chi connectivity index (χ0) is 19.5. The van der Waals surface area contributed by atoms with Gasteiger partial charge in [0.1, 0.15) is 0 Å². The summed E-state index contributed by atoms with van der Waals surface area (Å²) >= 11 is 0. The maximum absolute atomic E-state index is 12.9. The number of nitrogens with zero attached hydrogens (tertiary/aromatic N) is 2. The van der Waals surface area contributed by atoms with Crippen LogP contribution >= 0.6 is 0 Å². The highest BCUT2D eigenvalue weighted by molar-refractivity contribution is 6.20. The molecule has 0 saturated carbocycles. The van der Waals surface area contributed by atoms with E-state index in [2.05, 4.69) is 0 Å². The van der Waals surface area contributed by atoms with Crippen LogP contribution in [-0.4, -0.2) is 29.4 Å². The van der Waals surface area contributed by atoms with E-state index in [0.29, 0.717) is 0 Å². The highest BCUT2D eigenvalue weighted by Gasteiger charge is 2.59. The van der Waals surface area contributed by atoms with Crippen molar-refractivity contribution >= 4 is 17.6 Å². The van der Waals surface area contributed by atoms with E-state index < -0.39 is 35.1 Å². The van der Waals surface area contributed by atoms with Crippen molar-refractivity contribution in [2.24, 2.45) is 0 Å². The monoisotopic (exact) mass is 376 g/mol. The Bertz CT molecular complexity index is 761. The Morgan fingerprint density at radius 2 is 1.12 bits per heavy atom. The summed E-state index contributed by atoms with van der Waals surface area (Å²) in [5, 5.41) is 0. The highest BCUT2D eigenvalue weighted by Crippen LogP contribution is 2.35. The average molecular weight is 376 g/mol. The summed E-state index contributed by atoms with van der Waals surface area (Å²) in [6.07, 6.45) is -12.1. The van der Waals surface area contributed by atoms with Crippen LogP contribution in [0.25, 0.3) is 0 Å². The molecule has 0 atom stereocenters. The number of urea groups is 1. The molecule has 0 aromatic heterocycles. The van der Waals surface area contributed by atoms with Crippen LogP contribution in [0.15, 0.2) is 60.7 Å². The number of benzene rings is 2. The van der Waals surface area contributed by atoms with E-state index in [1.165, 1.54) is 36.4 Å². The molecule has 0 radical (unpaired) electrons. The van der Waals surface area contributed by atoms with Crippen LogP contribution in [0.3, 0.4) is 0 Å². The molecule has 138 valence electrons. The molecule has 0 aliphatic heterocycles. The van der Waals surface area contributed by atoms with Crippen molar-refractivity contribution in [1.82, 2.24) is 4.90 Å². The molecule has 10 heteroatoms. The van der Waals surface area contributed by atoms with Gasteiger partial charge in [-0.2, -0.15) is 0 Å². The lowest BCUT2D eigenvalue weighted by molar-refractivity contribution is -0.347. The largest absolute Gasteiger partial charge is 0.495 e. The Morgan fingerprint density at radius 1 is 0.692 bits per heavy atom. The number of carbonyl (C=O) groups is 2. The van der Waals surface area contributed by atoms with Crippen molar-refractivity contribution in [3.05, 3.63) is 66.2 Å². The van der Waals surface area contributed by atoms with Gasteiger partial charge in [0.2, 0.25) is 0 Å². The summed E-state index contributed by atoms with van der Waals surface area (Å²) in [4.78, 5) is 22.2. The Morgan fingerprint density at radius 3 is 1.54 bits per heavy atom. The summed E-state index contributed by atoms with van der Waals surface area (Å²) in [7, 11) is 0. The van der Waals surface area contributed by atoms with Crippen LogP contribution < -0.4 is 4.90 Å². The van der Waals surface area contributed by atoms with Gasteiger partial charge in [0.15, 0.2) is 0 Å². The number of amides is 3. The first-order valence-corrected chi connectivity index (χ1v) is 6.96. The van der Waals surface area contributed by atoms with Gasteiger partial charge >= 0.3 is 18.6 Å². The van der Waals surface area contributed by atoms with E-state index in [4.69, 9.17) is 0 Å². The second kappa shape index (κ2) is 7.06. The molecule has 0 heterocycles. The second-order valence-electron chi connectivity index (χ2n) is 4.90. The molecule has 0 saturated heterocycles. The lowest BCUT2D eigenvalue weighted by Gasteiger charge is -2.31. The van der Waals surface area contributed by atoms with Crippen LogP contribution in [0.4, 0.5) is 36.8 Å². The first-order valence-electron chi connectivity index (χ1n) is 6.96. The Balaban J connectivity index is 2.57. The van der Waals surface area contributed by atoms with Crippen molar-refractivity contribution in [3.63, 3.8) is 0 Å². The quantitative estimate of drug-likeness (QED) is 0.558. The Kier molecular flexibility index (Phi) is 5.24. The van der Waals surface area contributed by atoms with E-state index in [1.807, 2.05) is 0 Å². The molecule has 0 spiro atoms. The molecule has 3 amide bonds. The van der Waals surface area contributed by atoms with Crippen LogP contribution in [0.1, 0.15) is 10.4 Å². The summed E-state index contributed by atoms with van der Waals surface area (Å²) in [5.41, 5.74) is -0.696. The van der Waals surface area contributed by atoms with Crippen molar-refractivity contribution in [2.45, 2.75) is 12.6 Å². The van der Waals surface area contributed by atoms with Gasteiger partial charge in [0.05, 0.1) is 5.69 Å². The van der Waals surface area contributed by atoms with E-state index in [9.17, 15) is 35.9 Å². The topological polar surface area (TPSA) is 40.6 Å². The third kappa shape index (κ3) is 4.13. The van der Waals surface area contributed by atoms with E-state index >= 15 is 0 Å². The molecular weight excluding hydrogens is 366 g/mol. The lowest BCUT2D eigenvalue weighted by atomic mass is 10.2. The van der Waals surface area contributed by atoms with Crippen molar-refractivity contribution < 1.29 is 35.9 Å². The first kappa shape index (κ1) is 19.3. The smallest absolute Gasteiger partial charge is 0.268 e. The summed E-state index contributed by atoms with van der Waals surface area (Å²) in [5.74, 6) is -1.33. The number of hydrogen-bond acceptors (Lipinski definition) is 2. The maximum Gasteiger partial charge on any atom is 0.495 e. The highest BCUT2D eigenvalue weighted by atomic mass is 19.4. The van der Waals surface area contributed by atoms with Gasteiger partial charge in [-0.1, -0.05) is 36.4 Å². The fourth-order valence-corrected chi connectivity index (χ4v) is 2.06. The zero-order valence-electron chi connectivity index (χ0n) is 12.8. The van der Waals surface area contributed by atoms with Gasteiger partial charge < -0.3 is 0 Å². The minimum Gasteiger partial charge on any atom is -0.268 e. The fourth-order valence-electron chi connectivity index (χ4n) is 2.06. The lowest BCUT2D eigenvalue weighted by Crippen LogP contribution is -2.58. The molecule has 0 bridgehead atoms.